The zero-order chi connectivity index (χ0) is 28.3. The fourth-order valence-electron chi connectivity index (χ4n) is 7.06. The van der Waals surface area contributed by atoms with Gasteiger partial charge >= 0.3 is 0 Å². The van der Waals surface area contributed by atoms with Crippen molar-refractivity contribution < 1.29 is 19.4 Å². The van der Waals surface area contributed by atoms with Crippen LogP contribution >= 0.6 is 0 Å². The highest BCUT2D eigenvalue weighted by Gasteiger charge is 2.57. The Morgan fingerprint density at radius 2 is 1.95 bits per heavy atom. The van der Waals surface area contributed by atoms with E-state index in [2.05, 4.69) is 29.8 Å². The molecule has 4 rings (SSSR count). The number of carbonyl (C=O) groups excluding carboxylic acids is 1. The van der Waals surface area contributed by atoms with Gasteiger partial charge in [0.05, 0.1) is 31.0 Å². The van der Waals surface area contributed by atoms with Gasteiger partial charge in [0, 0.05) is 60.5 Å². The molecule has 0 radical (unpaired) electrons. The summed E-state index contributed by atoms with van der Waals surface area (Å²) < 4.78 is 12.9. The molecule has 1 amide bonds. The number of carbonyl (C=O) groups is 1. The average molecular weight is 554 g/mol. The van der Waals surface area contributed by atoms with Gasteiger partial charge in [-0.2, -0.15) is 0 Å². The first kappa shape index (κ1) is 31.1. The van der Waals surface area contributed by atoms with Gasteiger partial charge in [-0.25, -0.2) is 0 Å². The van der Waals surface area contributed by atoms with Crippen LogP contribution in [0.4, 0.5) is 0 Å². The van der Waals surface area contributed by atoms with Crippen molar-refractivity contribution in [1.29, 1.82) is 0 Å². The van der Waals surface area contributed by atoms with Crippen molar-refractivity contribution in [3.63, 3.8) is 0 Å². The number of nitrogens with one attached hydrogen (secondary N) is 3. The van der Waals surface area contributed by atoms with Crippen molar-refractivity contribution in [3.05, 3.63) is 0 Å². The first-order valence-electron chi connectivity index (χ1n) is 15.2. The van der Waals surface area contributed by atoms with Gasteiger partial charge in [-0.05, 0) is 57.5 Å². The molecule has 226 valence electrons. The highest BCUT2D eigenvalue weighted by atomic mass is 16.5. The number of hydrogen-bond donors (Lipinski definition) is 8. The van der Waals surface area contributed by atoms with Crippen LogP contribution in [0.1, 0.15) is 59.3 Å². The summed E-state index contributed by atoms with van der Waals surface area (Å²) in [6.07, 6.45) is 2.89. The maximum Gasteiger partial charge on any atom is 0.223 e. The SMILES string of the molecule is CC(CCN)C(=O)NC1CC(N)C(OC2CC(CNCCN)CCC2N)C(O)C1CC1OCC(C)(C)C2NC12. The number of aliphatic hydroxyl groups excluding tert-OH is 1. The van der Waals surface area contributed by atoms with Crippen molar-refractivity contribution in [2.45, 2.75) is 114 Å². The first-order chi connectivity index (χ1) is 18.6. The Labute approximate surface area is 234 Å². The van der Waals surface area contributed by atoms with Crippen molar-refractivity contribution in [1.82, 2.24) is 16.0 Å². The molecule has 0 aromatic carbocycles. The molecular weight excluding hydrogens is 498 g/mol. The van der Waals surface area contributed by atoms with Gasteiger partial charge in [0.1, 0.15) is 0 Å². The van der Waals surface area contributed by atoms with Crippen LogP contribution in [-0.4, -0.2) is 98.4 Å². The molecule has 2 heterocycles. The third kappa shape index (κ3) is 7.50. The van der Waals surface area contributed by atoms with Gasteiger partial charge in [0.2, 0.25) is 5.91 Å². The average Bonchev–Trinajstić information content (AvgIpc) is 3.70. The summed E-state index contributed by atoms with van der Waals surface area (Å²) in [5, 5.41) is 22.0. The topological polar surface area (TPSA) is 206 Å². The predicted molar refractivity (Wildman–Crippen MR) is 152 cm³/mol. The minimum atomic E-state index is -0.845. The molecule has 2 aliphatic heterocycles. The van der Waals surface area contributed by atoms with E-state index in [4.69, 9.17) is 32.4 Å². The zero-order valence-corrected chi connectivity index (χ0v) is 24.2. The maximum absolute atomic E-state index is 13.0. The lowest BCUT2D eigenvalue weighted by Gasteiger charge is -2.47. The number of nitrogens with two attached hydrogens (primary N) is 4. The highest BCUT2D eigenvalue weighted by Crippen LogP contribution is 2.43. The van der Waals surface area contributed by atoms with Crippen molar-refractivity contribution in [3.8, 4) is 0 Å². The van der Waals surface area contributed by atoms with Crippen LogP contribution in [0.25, 0.3) is 0 Å². The first-order valence-corrected chi connectivity index (χ1v) is 15.2. The van der Waals surface area contributed by atoms with Gasteiger partial charge in [-0.1, -0.05) is 20.8 Å². The second kappa shape index (κ2) is 13.4. The van der Waals surface area contributed by atoms with Gasteiger partial charge in [-0.3, -0.25) is 4.79 Å². The second-order valence-corrected chi connectivity index (χ2v) is 13.4. The normalized spacial score (nSPS) is 42.4. The predicted octanol–water partition coefficient (Wildman–Crippen LogP) is -1.25. The molecule has 39 heavy (non-hydrogen) atoms. The Bertz CT molecular complexity index is 804. The number of fused-ring (bicyclic) bond motifs is 1. The number of ether oxygens (including phenoxy) is 2. The van der Waals surface area contributed by atoms with Crippen molar-refractivity contribution in [2.24, 2.45) is 46.1 Å². The van der Waals surface area contributed by atoms with Crippen LogP contribution in [0.2, 0.25) is 0 Å². The van der Waals surface area contributed by atoms with E-state index >= 15 is 0 Å². The van der Waals surface area contributed by atoms with E-state index < -0.39 is 18.2 Å². The molecule has 4 fully saturated rings. The third-order valence-electron chi connectivity index (χ3n) is 9.69. The molecule has 11 heteroatoms. The van der Waals surface area contributed by atoms with Gasteiger partial charge in [0.15, 0.2) is 0 Å². The standard InChI is InChI=1S/C28H55N7O4/c1-15(6-7-29)27(37)34-20-12-19(32)25(39-21-10-16(4-5-18(21)31)13-33-9-8-30)24(36)17(20)11-22-23-26(35-23)28(2,3)14-38-22/h15-26,33,35-36H,4-14,29-32H2,1-3H3,(H,34,37). The fraction of sp³-hybridized carbons (Fsp3) is 0.964. The molecule has 0 bridgehead atoms. The summed E-state index contributed by atoms with van der Waals surface area (Å²) in [5.41, 5.74) is 24.6. The number of rotatable bonds is 12. The monoisotopic (exact) mass is 553 g/mol. The van der Waals surface area contributed by atoms with E-state index in [0.717, 1.165) is 32.4 Å². The minimum Gasteiger partial charge on any atom is -0.390 e. The molecule has 4 aliphatic rings. The van der Waals surface area contributed by atoms with E-state index in [-0.39, 0.29) is 53.5 Å². The van der Waals surface area contributed by atoms with E-state index in [9.17, 15) is 9.90 Å². The summed E-state index contributed by atoms with van der Waals surface area (Å²) in [6.45, 7) is 9.71. The quantitative estimate of drug-likeness (QED) is 0.106. The number of aliphatic hydroxyl groups is 1. The molecule has 12 atom stereocenters. The molecule has 11 nitrogen and oxygen atoms in total. The highest BCUT2D eigenvalue weighted by molar-refractivity contribution is 5.78. The third-order valence-corrected chi connectivity index (χ3v) is 9.69. The van der Waals surface area contributed by atoms with E-state index in [0.29, 0.717) is 50.9 Å². The molecule has 0 aromatic rings. The molecule has 2 saturated carbocycles. The Hall–Kier alpha value is -0.890. The summed E-state index contributed by atoms with van der Waals surface area (Å²) in [7, 11) is 0. The van der Waals surface area contributed by atoms with Crippen LogP contribution in [-0.2, 0) is 14.3 Å². The van der Waals surface area contributed by atoms with E-state index in [1.165, 1.54) is 0 Å². The molecule has 12 unspecified atom stereocenters. The smallest absolute Gasteiger partial charge is 0.223 e. The maximum atomic E-state index is 13.0. The van der Waals surface area contributed by atoms with E-state index in [1.54, 1.807) is 0 Å². The molecule has 12 N–H and O–H groups in total. The molecular formula is C28H55N7O4. The lowest BCUT2D eigenvalue weighted by Crippen LogP contribution is -2.63. The number of hydrogen-bond acceptors (Lipinski definition) is 10. The Kier molecular flexibility index (Phi) is 10.7. The second-order valence-electron chi connectivity index (χ2n) is 13.4. The van der Waals surface area contributed by atoms with Gasteiger partial charge < -0.3 is 53.5 Å². The van der Waals surface area contributed by atoms with Crippen LogP contribution in [0.3, 0.4) is 0 Å². The Morgan fingerprint density at radius 3 is 2.67 bits per heavy atom. The van der Waals surface area contributed by atoms with Gasteiger partial charge in [-0.15, -0.1) is 0 Å². The van der Waals surface area contributed by atoms with E-state index in [1.807, 2.05) is 6.92 Å². The Balaban J connectivity index is 1.46. The van der Waals surface area contributed by atoms with Crippen LogP contribution in [0, 0.1) is 23.2 Å². The largest absolute Gasteiger partial charge is 0.390 e. The molecule has 2 saturated heterocycles. The summed E-state index contributed by atoms with van der Waals surface area (Å²) in [6, 6.07) is -0.117. The zero-order valence-electron chi connectivity index (χ0n) is 24.2. The molecule has 2 aliphatic carbocycles. The Morgan fingerprint density at radius 1 is 1.18 bits per heavy atom. The van der Waals surface area contributed by atoms with Gasteiger partial charge in [0.25, 0.3) is 0 Å². The summed E-state index contributed by atoms with van der Waals surface area (Å²) in [5.74, 6) is -0.0596. The van der Waals surface area contributed by atoms with Crippen LogP contribution in [0.15, 0.2) is 0 Å². The fourth-order valence-corrected chi connectivity index (χ4v) is 7.06. The van der Waals surface area contributed by atoms with Crippen molar-refractivity contribution >= 4 is 5.91 Å². The summed E-state index contributed by atoms with van der Waals surface area (Å²) in [4.78, 5) is 13.0. The van der Waals surface area contributed by atoms with Crippen LogP contribution in [0.5, 0.6) is 0 Å². The lowest BCUT2D eigenvalue weighted by molar-refractivity contribution is -0.154. The molecule has 0 aromatic heterocycles. The summed E-state index contributed by atoms with van der Waals surface area (Å²) >= 11 is 0. The lowest BCUT2D eigenvalue weighted by atomic mass is 9.73. The molecule has 0 spiro atoms. The minimum absolute atomic E-state index is 0.0338. The van der Waals surface area contributed by atoms with Crippen LogP contribution < -0.4 is 38.9 Å². The van der Waals surface area contributed by atoms with Crippen molar-refractivity contribution in [2.75, 3.05) is 32.8 Å². The number of amides is 1.